The van der Waals surface area contributed by atoms with Crippen molar-refractivity contribution >= 4 is 17.6 Å². The number of H-pyrrole nitrogens is 1. The number of nitrogens with one attached hydrogen (secondary N) is 2. The Bertz CT molecular complexity index is 734. The van der Waals surface area contributed by atoms with Crippen molar-refractivity contribution < 1.29 is 19.1 Å². The lowest BCUT2D eigenvalue weighted by molar-refractivity contribution is 0.0599. The van der Waals surface area contributed by atoms with Gasteiger partial charge in [0.05, 0.1) is 19.8 Å². The minimum atomic E-state index is -0.448. The molecule has 1 amide bonds. The fourth-order valence-electron chi connectivity index (χ4n) is 2.42. The molecular weight excluding hydrogens is 296 g/mol. The number of hydrogen-bond donors (Lipinski definition) is 2. The standard InChI is InChI=1S/C17H20N2O4/c1-5-13-14(17(21)23-4)10(2)15(19-13)16(20)18-11-7-6-8-12(9-11)22-3/h6-9,19H,5H2,1-4H3,(H,18,20). The van der Waals surface area contributed by atoms with Crippen LogP contribution >= 0.6 is 0 Å². The first-order valence-corrected chi connectivity index (χ1v) is 7.27. The van der Waals surface area contributed by atoms with Gasteiger partial charge in [0, 0.05) is 17.4 Å². The first kappa shape index (κ1) is 16.6. The Hall–Kier alpha value is -2.76. The van der Waals surface area contributed by atoms with Crippen molar-refractivity contribution in [3.8, 4) is 5.75 Å². The maximum atomic E-state index is 12.5. The molecule has 2 N–H and O–H groups in total. The molecule has 0 saturated heterocycles. The average molecular weight is 316 g/mol. The summed E-state index contributed by atoms with van der Waals surface area (Å²) in [6.07, 6.45) is 0.595. The summed E-state index contributed by atoms with van der Waals surface area (Å²) in [6.45, 7) is 3.63. The molecular formula is C17H20N2O4. The molecule has 0 aliphatic rings. The zero-order valence-corrected chi connectivity index (χ0v) is 13.6. The minimum absolute atomic E-state index is 0.319. The van der Waals surface area contributed by atoms with Crippen LogP contribution in [0.25, 0.3) is 0 Å². The molecule has 0 saturated carbocycles. The van der Waals surface area contributed by atoms with E-state index in [1.807, 2.05) is 6.92 Å². The smallest absolute Gasteiger partial charge is 0.339 e. The highest BCUT2D eigenvalue weighted by molar-refractivity contribution is 6.06. The second kappa shape index (κ2) is 7.00. The first-order chi connectivity index (χ1) is 11.0. The molecule has 2 rings (SSSR count). The minimum Gasteiger partial charge on any atom is -0.497 e. The van der Waals surface area contributed by atoms with Crippen molar-refractivity contribution in [1.82, 2.24) is 4.98 Å². The molecule has 0 atom stereocenters. The van der Waals surface area contributed by atoms with Gasteiger partial charge in [-0.05, 0) is 31.0 Å². The fraction of sp³-hybridized carbons (Fsp3) is 0.294. The summed E-state index contributed by atoms with van der Waals surface area (Å²) >= 11 is 0. The summed E-state index contributed by atoms with van der Waals surface area (Å²) in [7, 11) is 2.89. The number of esters is 1. The highest BCUT2D eigenvalue weighted by Crippen LogP contribution is 2.22. The van der Waals surface area contributed by atoms with E-state index >= 15 is 0 Å². The van der Waals surface area contributed by atoms with Crippen molar-refractivity contribution in [3.05, 3.63) is 46.8 Å². The number of benzene rings is 1. The van der Waals surface area contributed by atoms with Crippen molar-refractivity contribution in [3.63, 3.8) is 0 Å². The third kappa shape index (κ3) is 3.36. The van der Waals surface area contributed by atoms with E-state index < -0.39 is 5.97 Å². The van der Waals surface area contributed by atoms with E-state index in [9.17, 15) is 9.59 Å². The molecule has 0 unspecified atom stereocenters. The molecule has 23 heavy (non-hydrogen) atoms. The van der Waals surface area contributed by atoms with E-state index in [0.717, 1.165) is 0 Å². The van der Waals surface area contributed by atoms with Crippen LogP contribution in [0.1, 0.15) is 39.0 Å². The van der Waals surface area contributed by atoms with Crippen LogP contribution in [0, 0.1) is 6.92 Å². The number of aryl methyl sites for hydroxylation is 1. The van der Waals surface area contributed by atoms with E-state index in [-0.39, 0.29) is 5.91 Å². The Kier molecular flexibility index (Phi) is 5.05. The maximum absolute atomic E-state index is 12.5. The molecule has 1 aromatic carbocycles. The molecule has 0 aliphatic carbocycles. The topological polar surface area (TPSA) is 80.4 Å². The molecule has 1 aromatic heterocycles. The van der Waals surface area contributed by atoms with E-state index in [2.05, 4.69) is 10.3 Å². The van der Waals surface area contributed by atoms with Gasteiger partial charge in [-0.3, -0.25) is 4.79 Å². The van der Waals surface area contributed by atoms with Gasteiger partial charge in [0.25, 0.3) is 5.91 Å². The second-order valence-corrected chi connectivity index (χ2v) is 5.01. The molecule has 2 aromatic rings. The zero-order chi connectivity index (χ0) is 17.0. The fourth-order valence-corrected chi connectivity index (χ4v) is 2.42. The van der Waals surface area contributed by atoms with Gasteiger partial charge in [-0.25, -0.2) is 4.79 Å². The largest absolute Gasteiger partial charge is 0.497 e. The maximum Gasteiger partial charge on any atom is 0.339 e. The number of aromatic nitrogens is 1. The number of rotatable bonds is 5. The number of carbonyl (C=O) groups excluding carboxylic acids is 2. The average Bonchev–Trinajstić information content (AvgIpc) is 2.91. The molecule has 1 heterocycles. The van der Waals surface area contributed by atoms with Gasteiger partial charge in [0.2, 0.25) is 0 Å². The van der Waals surface area contributed by atoms with Gasteiger partial charge in [-0.2, -0.15) is 0 Å². The SMILES string of the molecule is CCc1[nH]c(C(=O)Nc2cccc(OC)c2)c(C)c1C(=O)OC. The van der Waals surface area contributed by atoms with Crippen molar-refractivity contribution in [2.45, 2.75) is 20.3 Å². The van der Waals surface area contributed by atoms with Crippen LogP contribution in [-0.4, -0.2) is 31.1 Å². The van der Waals surface area contributed by atoms with Gasteiger partial charge in [-0.1, -0.05) is 13.0 Å². The molecule has 6 heteroatoms. The number of aromatic amines is 1. The predicted octanol–water partition coefficient (Wildman–Crippen LogP) is 2.93. The van der Waals surface area contributed by atoms with Crippen LogP contribution in [0.2, 0.25) is 0 Å². The summed E-state index contributed by atoms with van der Waals surface area (Å²) in [5.41, 5.74) is 2.65. The molecule has 122 valence electrons. The van der Waals surface area contributed by atoms with E-state index in [1.165, 1.54) is 7.11 Å². The number of anilines is 1. The van der Waals surface area contributed by atoms with Crippen LogP contribution in [-0.2, 0) is 11.2 Å². The van der Waals surface area contributed by atoms with Gasteiger partial charge in [-0.15, -0.1) is 0 Å². The highest BCUT2D eigenvalue weighted by atomic mass is 16.5. The third-order valence-corrected chi connectivity index (χ3v) is 3.63. The lowest BCUT2D eigenvalue weighted by Crippen LogP contribution is -2.14. The number of carbonyl (C=O) groups is 2. The Morgan fingerprint density at radius 1 is 1.26 bits per heavy atom. The van der Waals surface area contributed by atoms with Crippen LogP contribution in [0.5, 0.6) is 5.75 Å². The van der Waals surface area contributed by atoms with E-state index in [4.69, 9.17) is 9.47 Å². The first-order valence-electron chi connectivity index (χ1n) is 7.27. The molecule has 0 radical (unpaired) electrons. The number of methoxy groups -OCH3 is 2. The van der Waals surface area contributed by atoms with Crippen LogP contribution < -0.4 is 10.1 Å². The van der Waals surface area contributed by atoms with Crippen LogP contribution in [0.4, 0.5) is 5.69 Å². The third-order valence-electron chi connectivity index (χ3n) is 3.63. The lowest BCUT2D eigenvalue weighted by atomic mass is 10.1. The highest BCUT2D eigenvalue weighted by Gasteiger charge is 2.23. The Morgan fingerprint density at radius 2 is 2.00 bits per heavy atom. The molecule has 6 nitrogen and oxygen atoms in total. The van der Waals surface area contributed by atoms with Gasteiger partial charge in [0.1, 0.15) is 11.4 Å². The van der Waals surface area contributed by atoms with Crippen molar-refractivity contribution in [1.29, 1.82) is 0 Å². The van der Waals surface area contributed by atoms with Crippen LogP contribution in [0.3, 0.4) is 0 Å². The summed E-state index contributed by atoms with van der Waals surface area (Å²) in [5, 5.41) is 2.79. The lowest BCUT2D eigenvalue weighted by Gasteiger charge is -2.07. The summed E-state index contributed by atoms with van der Waals surface area (Å²) in [4.78, 5) is 27.4. The number of amides is 1. The molecule has 0 bridgehead atoms. The summed E-state index contributed by atoms with van der Waals surface area (Å²) in [5.74, 6) is -0.118. The van der Waals surface area contributed by atoms with Crippen molar-refractivity contribution in [2.24, 2.45) is 0 Å². The van der Waals surface area contributed by atoms with Gasteiger partial charge in [0.15, 0.2) is 0 Å². The monoisotopic (exact) mass is 316 g/mol. The number of ether oxygens (including phenoxy) is 2. The quantitative estimate of drug-likeness (QED) is 0.831. The van der Waals surface area contributed by atoms with Gasteiger partial charge < -0.3 is 19.8 Å². The van der Waals surface area contributed by atoms with E-state index in [1.54, 1.807) is 38.3 Å². The molecule has 0 aliphatic heterocycles. The van der Waals surface area contributed by atoms with Crippen LogP contribution in [0.15, 0.2) is 24.3 Å². The number of hydrogen-bond acceptors (Lipinski definition) is 4. The molecule has 0 fully saturated rings. The Balaban J connectivity index is 2.32. The zero-order valence-electron chi connectivity index (χ0n) is 13.6. The normalized spacial score (nSPS) is 10.3. The summed E-state index contributed by atoms with van der Waals surface area (Å²) in [6, 6.07) is 7.06. The summed E-state index contributed by atoms with van der Waals surface area (Å²) < 4.78 is 9.93. The van der Waals surface area contributed by atoms with Crippen molar-refractivity contribution in [2.75, 3.05) is 19.5 Å². The Morgan fingerprint density at radius 3 is 2.61 bits per heavy atom. The predicted molar refractivity (Wildman–Crippen MR) is 87.2 cm³/mol. The second-order valence-electron chi connectivity index (χ2n) is 5.01. The molecule has 0 spiro atoms. The van der Waals surface area contributed by atoms with E-state index in [0.29, 0.717) is 40.4 Å². The van der Waals surface area contributed by atoms with Gasteiger partial charge >= 0.3 is 5.97 Å². The Labute approximate surface area is 134 Å².